The molecular weight excluding hydrogens is 310 g/mol. The summed E-state index contributed by atoms with van der Waals surface area (Å²) in [5.41, 5.74) is 13.6. The number of hydrogen-bond donors (Lipinski definition) is 4. The van der Waals surface area contributed by atoms with Gasteiger partial charge in [0.05, 0.1) is 17.4 Å². The number of carbonyl (C=O) groups is 1. The van der Waals surface area contributed by atoms with Crippen molar-refractivity contribution in [2.45, 2.75) is 18.9 Å². The van der Waals surface area contributed by atoms with Crippen LogP contribution in [0, 0.1) is 10.1 Å². The quantitative estimate of drug-likeness (QED) is 0.129. The van der Waals surface area contributed by atoms with E-state index in [1.54, 1.807) is 0 Å². The molecule has 0 radical (unpaired) electrons. The summed E-state index contributed by atoms with van der Waals surface area (Å²) in [6, 6.07) is 4.03. The fraction of sp³-hybridized carbons (Fsp3) is 0.333. The van der Waals surface area contributed by atoms with E-state index < -0.39 is 16.9 Å². The Hall–Kier alpha value is -2.92. The Morgan fingerprint density at radius 2 is 1.83 bits per heavy atom. The monoisotopic (exact) mass is 331 g/mol. The Bertz CT molecular complexity index is 515. The van der Waals surface area contributed by atoms with E-state index in [0.29, 0.717) is 19.4 Å². The molecule has 0 spiro atoms. The van der Waals surface area contributed by atoms with E-state index in [0.717, 1.165) is 12.1 Å². The number of aliphatic carboxylic acids is 1. The van der Waals surface area contributed by atoms with Crippen LogP contribution in [-0.4, -0.2) is 34.9 Å². The summed E-state index contributed by atoms with van der Waals surface area (Å²) in [5, 5.41) is 30.6. The maximum atomic E-state index is 10.4. The summed E-state index contributed by atoms with van der Waals surface area (Å²) in [6.45, 7) is 0.557. The van der Waals surface area contributed by atoms with Crippen molar-refractivity contribution in [3.05, 3.63) is 34.4 Å². The van der Waals surface area contributed by atoms with Crippen molar-refractivity contribution < 1.29 is 36.1 Å². The van der Waals surface area contributed by atoms with Gasteiger partial charge in [0.15, 0.2) is 0 Å². The van der Waals surface area contributed by atoms with Crippen LogP contribution in [0.2, 0.25) is 0 Å². The van der Waals surface area contributed by atoms with E-state index in [4.69, 9.17) is 11.5 Å². The summed E-state index contributed by atoms with van der Waals surface area (Å²) in [6.07, 6.45) is 1.11. The van der Waals surface area contributed by atoms with Crippen LogP contribution in [0.1, 0.15) is 12.8 Å². The maximum absolute atomic E-state index is 10.4. The van der Waals surface area contributed by atoms with Crippen molar-refractivity contribution in [3.63, 3.8) is 0 Å². The van der Waals surface area contributed by atoms with Gasteiger partial charge in [-0.15, -0.1) is 5.75 Å². The van der Waals surface area contributed by atoms with Crippen molar-refractivity contribution in [1.82, 2.24) is 0 Å². The number of carboxylic acids is 1. The van der Waals surface area contributed by atoms with E-state index in [2.05, 4.69) is 10.7 Å². The Morgan fingerprint density at radius 1 is 1.30 bits per heavy atom. The molecule has 0 aromatic heterocycles. The number of non-ortho nitro benzene ring substituents is 1. The smallest absolute Gasteiger partial charge is 0.338 e. The summed E-state index contributed by atoms with van der Waals surface area (Å²) in [4.78, 5) is 22.3. The number of nitro benzene ring substituents is 1. The molecule has 0 heterocycles. The Kier molecular flexibility index (Phi) is 11.4. The first-order chi connectivity index (χ1) is 10.2. The van der Waals surface area contributed by atoms with Crippen LogP contribution in [0.3, 0.4) is 0 Å². The number of nitrogens with zero attached hydrogens (tertiary/aromatic N) is 1. The number of nitrogens with one attached hydrogen (secondary N) is 1. The average molecular weight is 331 g/mol. The normalized spacial score (nSPS) is 10.3. The molecule has 0 unspecified atom stereocenters. The lowest BCUT2D eigenvalue weighted by molar-refractivity contribution is -0.466. The average Bonchev–Trinajstić information content (AvgIpc) is 2.44. The van der Waals surface area contributed by atoms with Crippen molar-refractivity contribution in [2.24, 2.45) is 11.5 Å². The van der Waals surface area contributed by atoms with Crippen LogP contribution < -0.4 is 32.4 Å². The molecule has 11 heteroatoms. The predicted molar refractivity (Wildman–Crippen MR) is 76.3 cm³/mol. The maximum Gasteiger partial charge on any atom is 0.338 e. The minimum atomic E-state index is -1.13. The van der Waals surface area contributed by atoms with Gasteiger partial charge in [-0.2, -0.15) is 0 Å². The first-order valence-corrected chi connectivity index (χ1v) is 6.31. The molecule has 0 saturated carbocycles. The van der Waals surface area contributed by atoms with E-state index in [9.17, 15) is 25.1 Å². The molecule has 0 saturated heterocycles. The second kappa shape index (κ2) is 11.7. The van der Waals surface area contributed by atoms with Crippen LogP contribution in [0.15, 0.2) is 24.3 Å². The zero-order valence-electron chi connectivity index (χ0n) is 12.4. The highest BCUT2D eigenvalue weighted by Crippen LogP contribution is 2.12. The number of guanidine groups is 1. The third kappa shape index (κ3) is 11.4. The highest BCUT2D eigenvalue weighted by molar-refractivity contribution is 5.69. The first kappa shape index (κ1) is 22.4. The van der Waals surface area contributed by atoms with Gasteiger partial charge in [0.25, 0.3) is 5.69 Å². The summed E-state index contributed by atoms with van der Waals surface area (Å²) < 4.78 is 0. The second-order valence-electron chi connectivity index (χ2n) is 4.29. The second-order valence-corrected chi connectivity index (χ2v) is 4.29. The highest BCUT2D eigenvalue weighted by atomic mass is 16.6. The third-order valence-electron chi connectivity index (χ3n) is 2.44. The van der Waals surface area contributed by atoms with Crippen LogP contribution >= 0.6 is 0 Å². The van der Waals surface area contributed by atoms with Gasteiger partial charge in [-0.05, 0) is 6.42 Å². The van der Waals surface area contributed by atoms with Crippen LogP contribution in [-0.2, 0) is 4.79 Å². The van der Waals surface area contributed by atoms with Gasteiger partial charge in [0, 0.05) is 18.6 Å². The zero-order chi connectivity index (χ0) is 17.1. The molecule has 1 rings (SSSR count). The minimum Gasteiger partial charge on any atom is -0.872 e. The lowest BCUT2D eigenvalue weighted by Crippen LogP contribution is -2.78. The third-order valence-corrected chi connectivity index (χ3v) is 2.44. The molecule has 1 aromatic rings. The number of quaternary nitrogens is 1. The molecule has 0 aliphatic rings. The number of nitro groups is 1. The molecule has 11 nitrogen and oxygen atoms in total. The molecule has 23 heavy (non-hydrogen) atoms. The molecule has 0 aliphatic heterocycles. The molecule has 10 N–H and O–H groups in total. The summed E-state index contributed by atoms with van der Waals surface area (Å²) >= 11 is 0. The van der Waals surface area contributed by atoms with Gasteiger partial charge >= 0.3 is 5.96 Å². The number of carboxylic acid groups (broad SMARTS) is 1. The zero-order valence-corrected chi connectivity index (χ0v) is 12.4. The summed E-state index contributed by atoms with van der Waals surface area (Å²) in [7, 11) is 0. The van der Waals surface area contributed by atoms with Gasteiger partial charge in [-0.25, -0.2) is 0 Å². The van der Waals surface area contributed by atoms with Crippen LogP contribution in [0.5, 0.6) is 5.75 Å². The minimum absolute atomic E-state index is 0. The molecule has 130 valence electrons. The van der Waals surface area contributed by atoms with E-state index in [-0.39, 0.29) is 22.9 Å². The number of carbonyl (C=O) groups excluding carboxylic acids is 1. The SMILES string of the molecule is NC(N)=[NH+]CCC[C@H]([NH3+])C(=O)[O-].O.O=[N+]([O-])c1ccc([O-])cc1. The fourth-order valence-corrected chi connectivity index (χ4v) is 1.27. The molecule has 0 aliphatic carbocycles. The van der Waals surface area contributed by atoms with E-state index in [1.165, 1.54) is 12.1 Å². The lowest BCUT2D eigenvalue weighted by Gasteiger charge is -2.06. The lowest BCUT2D eigenvalue weighted by atomic mass is 10.2. The van der Waals surface area contributed by atoms with Crippen molar-refractivity contribution in [3.8, 4) is 5.75 Å². The van der Waals surface area contributed by atoms with Crippen molar-refractivity contribution in [1.29, 1.82) is 0 Å². The molecular formula is C12H21N5O6. The van der Waals surface area contributed by atoms with Gasteiger partial charge in [-0.3, -0.25) is 26.6 Å². The van der Waals surface area contributed by atoms with Crippen molar-refractivity contribution in [2.75, 3.05) is 6.54 Å². The van der Waals surface area contributed by atoms with E-state index >= 15 is 0 Å². The molecule has 0 fully saturated rings. The Balaban J connectivity index is 0. The van der Waals surface area contributed by atoms with E-state index in [1.807, 2.05) is 0 Å². The topological polar surface area (TPSA) is 231 Å². The number of hydrogen-bond acceptors (Lipinski definition) is 5. The largest absolute Gasteiger partial charge is 0.872 e. The first-order valence-electron chi connectivity index (χ1n) is 6.31. The molecule has 0 bridgehead atoms. The highest BCUT2D eigenvalue weighted by Gasteiger charge is 2.05. The fourth-order valence-electron chi connectivity index (χ4n) is 1.27. The molecule has 1 atom stereocenters. The Morgan fingerprint density at radius 3 is 2.22 bits per heavy atom. The van der Waals surface area contributed by atoms with Gasteiger partial charge in [0.1, 0.15) is 6.04 Å². The number of benzene rings is 1. The molecule has 1 aromatic carbocycles. The Labute approximate surface area is 131 Å². The van der Waals surface area contributed by atoms with Crippen LogP contribution in [0.25, 0.3) is 0 Å². The number of rotatable bonds is 6. The standard InChI is InChI=1S/C6H14N4O2.C6H5NO3.H2O/c7-4(5(11)12)2-1-3-10-6(8)9;8-6-3-1-5(2-4-6)7(9)10;/h4H,1-3,7H2,(H,11,12)(H4,8,9,10);1-4,8H;1H2/t4-;;/m0../s1. The van der Waals surface area contributed by atoms with Gasteiger partial charge in [0.2, 0.25) is 0 Å². The van der Waals surface area contributed by atoms with Crippen molar-refractivity contribution >= 4 is 17.6 Å². The predicted octanol–water partition coefficient (Wildman–Crippen LogP) is -5.68. The summed E-state index contributed by atoms with van der Waals surface area (Å²) in [5.74, 6) is -1.20. The number of nitrogens with two attached hydrogens (primary N) is 2. The van der Waals surface area contributed by atoms with Crippen LogP contribution in [0.4, 0.5) is 5.69 Å². The molecule has 0 amide bonds. The van der Waals surface area contributed by atoms with Gasteiger partial charge in [-0.1, -0.05) is 12.1 Å². The van der Waals surface area contributed by atoms with Gasteiger partial charge < -0.3 is 26.2 Å².